The first-order chi connectivity index (χ1) is 14.2. The highest BCUT2D eigenvalue weighted by molar-refractivity contribution is 8.22. The van der Waals surface area contributed by atoms with Gasteiger partial charge in [0.05, 0.1) is 16.0 Å². The number of carbonyl (C=O) groups is 4. The van der Waals surface area contributed by atoms with Crippen molar-refractivity contribution in [3.63, 3.8) is 0 Å². The highest BCUT2D eigenvalue weighted by Crippen LogP contribution is 2.43. The van der Waals surface area contributed by atoms with Gasteiger partial charge in [0.25, 0.3) is 11.8 Å². The molecule has 15 heteroatoms. The second-order valence-corrected chi connectivity index (χ2v) is 9.02. The van der Waals surface area contributed by atoms with Crippen molar-refractivity contribution in [1.29, 1.82) is 0 Å². The lowest BCUT2D eigenvalue weighted by Gasteiger charge is -2.49. The lowest BCUT2D eigenvalue weighted by Crippen LogP contribution is -2.72. The molecule has 12 nitrogen and oxygen atoms in total. The Morgan fingerprint density at radius 2 is 2.20 bits per heavy atom. The molecule has 1 fully saturated rings. The van der Waals surface area contributed by atoms with Gasteiger partial charge in [0.1, 0.15) is 18.8 Å². The molecule has 0 spiro atoms. The van der Waals surface area contributed by atoms with Gasteiger partial charge in [0, 0.05) is 11.1 Å². The maximum absolute atomic E-state index is 12.6. The summed E-state index contributed by atoms with van der Waals surface area (Å²) in [7, 11) is 1.25. The standard InChI is InChI=1S/C15H15N5O7S3/c1-27-19-8(5-2-30-15(16)17-5)11(23)18-9-6-3-28-14(29-4-7(21)22)10(13(25)26)20(6)12(9)24/h2,6,9H,3-4H2,1H3,(H2,16,17)(H,18,23)(H,21,22)(H,25,26). The SMILES string of the molecule is CON=C(C(=O)NC1C(=O)N2C(C(=O)O)=C(SCC(=O)O)SCC12)c1csc(N)n1. The van der Waals surface area contributed by atoms with Crippen LogP contribution in [0.4, 0.5) is 5.13 Å². The summed E-state index contributed by atoms with van der Waals surface area (Å²) in [4.78, 5) is 57.5. The number of nitrogens with two attached hydrogens (primary N) is 1. The number of amides is 2. The predicted octanol–water partition coefficient (Wildman–Crippen LogP) is -0.410. The Hall–Kier alpha value is -2.78. The second kappa shape index (κ2) is 8.93. The Bertz CT molecular complexity index is 976. The molecule has 0 saturated carbocycles. The number of nitrogens with zero attached hydrogens (tertiary/aromatic N) is 3. The molecule has 3 heterocycles. The lowest BCUT2D eigenvalue weighted by molar-refractivity contribution is -0.153. The number of carboxylic acids is 2. The van der Waals surface area contributed by atoms with E-state index in [1.807, 2.05) is 0 Å². The summed E-state index contributed by atoms with van der Waals surface area (Å²) in [5.41, 5.74) is 5.30. The van der Waals surface area contributed by atoms with E-state index < -0.39 is 35.8 Å². The molecule has 2 unspecified atom stereocenters. The number of fused-ring (bicyclic) bond motifs is 1. The minimum Gasteiger partial charge on any atom is -0.481 e. The predicted molar refractivity (Wildman–Crippen MR) is 110 cm³/mol. The molecular formula is C15H15N5O7S3. The van der Waals surface area contributed by atoms with Crippen LogP contribution in [0.15, 0.2) is 20.5 Å². The van der Waals surface area contributed by atoms with Gasteiger partial charge in [0.2, 0.25) is 0 Å². The third kappa shape index (κ3) is 4.22. The molecule has 0 aromatic carbocycles. The van der Waals surface area contributed by atoms with Gasteiger partial charge in [-0.15, -0.1) is 34.9 Å². The molecule has 30 heavy (non-hydrogen) atoms. The molecule has 0 radical (unpaired) electrons. The third-order valence-electron chi connectivity index (χ3n) is 4.02. The molecule has 2 aliphatic heterocycles. The number of hydrogen-bond donors (Lipinski definition) is 4. The van der Waals surface area contributed by atoms with Crippen LogP contribution in [0.5, 0.6) is 0 Å². The van der Waals surface area contributed by atoms with Crippen LogP contribution in [-0.2, 0) is 24.0 Å². The van der Waals surface area contributed by atoms with Crippen molar-refractivity contribution in [2.24, 2.45) is 5.16 Å². The van der Waals surface area contributed by atoms with E-state index in [2.05, 4.69) is 20.3 Å². The Balaban J connectivity index is 1.77. The number of nitrogens with one attached hydrogen (secondary N) is 1. The molecule has 160 valence electrons. The number of anilines is 1. The average Bonchev–Trinajstić information content (AvgIpc) is 3.13. The number of oxime groups is 1. The summed E-state index contributed by atoms with van der Waals surface area (Å²) in [6, 6.07) is -1.57. The zero-order valence-corrected chi connectivity index (χ0v) is 17.7. The van der Waals surface area contributed by atoms with Gasteiger partial charge in [-0.05, 0) is 0 Å². The van der Waals surface area contributed by atoms with Crippen LogP contribution in [0, 0.1) is 0 Å². The molecule has 1 aromatic rings. The van der Waals surface area contributed by atoms with Gasteiger partial charge in [-0.2, -0.15) is 0 Å². The number of thiazole rings is 1. The van der Waals surface area contributed by atoms with E-state index >= 15 is 0 Å². The number of rotatable bonds is 8. The van der Waals surface area contributed by atoms with Crippen molar-refractivity contribution < 1.29 is 34.2 Å². The van der Waals surface area contributed by atoms with Crippen molar-refractivity contribution in [3.8, 4) is 0 Å². The Kier molecular flexibility index (Phi) is 6.52. The van der Waals surface area contributed by atoms with Crippen molar-refractivity contribution in [1.82, 2.24) is 15.2 Å². The number of hydrogen-bond acceptors (Lipinski definition) is 11. The molecule has 1 aromatic heterocycles. The summed E-state index contributed by atoms with van der Waals surface area (Å²) < 4.78 is 0.235. The summed E-state index contributed by atoms with van der Waals surface area (Å²) in [6.45, 7) is 0. The van der Waals surface area contributed by atoms with E-state index in [1.54, 1.807) is 0 Å². The summed E-state index contributed by atoms with van der Waals surface area (Å²) in [5.74, 6) is -3.84. The Labute approximate surface area is 181 Å². The van der Waals surface area contributed by atoms with Crippen molar-refractivity contribution in [2.45, 2.75) is 12.1 Å². The zero-order valence-electron chi connectivity index (χ0n) is 15.2. The first-order valence-corrected chi connectivity index (χ1v) is 11.0. The van der Waals surface area contributed by atoms with Crippen LogP contribution in [-0.4, -0.2) is 80.3 Å². The smallest absolute Gasteiger partial charge is 0.354 e. The molecule has 0 bridgehead atoms. The van der Waals surface area contributed by atoms with Crippen LogP contribution in [0.2, 0.25) is 0 Å². The fourth-order valence-corrected chi connectivity index (χ4v) is 5.63. The number of aromatic nitrogens is 1. The van der Waals surface area contributed by atoms with Crippen molar-refractivity contribution in [2.75, 3.05) is 24.3 Å². The molecular weight excluding hydrogens is 458 g/mol. The van der Waals surface area contributed by atoms with Gasteiger partial charge in [-0.1, -0.05) is 5.16 Å². The maximum Gasteiger partial charge on any atom is 0.354 e. The van der Waals surface area contributed by atoms with Gasteiger partial charge >= 0.3 is 11.9 Å². The molecule has 2 atom stereocenters. The number of aliphatic carboxylic acids is 2. The van der Waals surface area contributed by atoms with E-state index in [0.29, 0.717) is 0 Å². The minimum absolute atomic E-state index is 0.174. The Morgan fingerprint density at radius 3 is 2.77 bits per heavy atom. The minimum atomic E-state index is -1.35. The van der Waals surface area contributed by atoms with Crippen LogP contribution in [0.25, 0.3) is 0 Å². The van der Waals surface area contributed by atoms with E-state index in [9.17, 15) is 24.3 Å². The fraction of sp³-hybridized carbons (Fsp3) is 0.333. The fourth-order valence-electron chi connectivity index (χ4n) is 2.81. The number of carbonyl (C=O) groups excluding carboxylic acids is 2. The number of thioether (sulfide) groups is 2. The quantitative estimate of drug-likeness (QED) is 0.218. The number of nitrogen functional groups attached to an aromatic ring is 1. The number of carboxylic acid groups (broad SMARTS) is 2. The van der Waals surface area contributed by atoms with Crippen molar-refractivity contribution >= 4 is 69.5 Å². The van der Waals surface area contributed by atoms with Gasteiger partial charge in [-0.25, -0.2) is 9.78 Å². The van der Waals surface area contributed by atoms with E-state index in [4.69, 9.17) is 10.8 Å². The van der Waals surface area contributed by atoms with Crippen LogP contribution in [0.1, 0.15) is 5.69 Å². The monoisotopic (exact) mass is 473 g/mol. The molecule has 2 aliphatic rings. The van der Waals surface area contributed by atoms with Gasteiger partial charge < -0.3 is 26.1 Å². The molecule has 1 saturated heterocycles. The normalized spacial score (nSPS) is 21.0. The highest BCUT2D eigenvalue weighted by atomic mass is 32.2. The second-order valence-electron chi connectivity index (χ2n) is 5.85. The first-order valence-electron chi connectivity index (χ1n) is 8.16. The summed E-state index contributed by atoms with van der Waals surface area (Å²) in [6.07, 6.45) is 0. The summed E-state index contributed by atoms with van der Waals surface area (Å²) >= 11 is 3.06. The van der Waals surface area contributed by atoms with E-state index in [0.717, 1.165) is 39.8 Å². The number of β-lactam (4-membered cyclic amide) rings is 1. The first kappa shape index (κ1) is 21.9. The van der Waals surface area contributed by atoms with Crippen LogP contribution >= 0.6 is 34.9 Å². The molecule has 2 amide bonds. The Morgan fingerprint density at radius 1 is 1.47 bits per heavy atom. The highest BCUT2D eigenvalue weighted by Gasteiger charge is 2.54. The van der Waals surface area contributed by atoms with Crippen molar-refractivity contribution in [3.05, 3.63) is 21.0 Å². The van der Waals surface area contributed by atoms with Gasteiger partial charge in [-0.3, -0.25) is 19.3 Å². The largest absolute Gasteiger partial charge is 0.481 e. The van der Waals surface area contributed by atoms with Gasteiger partial charge in [0.15, 0.2) is 16.5 Å². The molecule has 5 N–H and O–H groups in total. The lowest BCUT2D eigenvalue weighted by atomic mass is 9.95. The van der Waals surface area contributed by atoms with E-state index in [1.165, 1.54) is 12.5 Å². The third-order valence-corrected chi connectivity index (χ3v) is 7.21. The topological polar surface area (TPSA) is 185 Å². The van der Waals surface area contributed by atoms with Crippen LogP contribution < -0.4 is 11.1 Å². The molecule has 3 rings (SSSR count). The molecule has 0 aliphatic carbocycles. The average molecular weight is 474 g/mol. The zero-order chi connectivity index (χ0) is 22.0. The maximum atomic E-state index is 12.6. The van der Waals surface area contributed by atoms with Crippen LogP contribution in [0.3, 0.4) is 0 Å². The van der Waals surface area contributed by atoms with E-state index in [-0.39, 0.29) is 38.0 Å². The summed E-state index contributed by atoms with van der Waals surface area (Å²) in [5, 5.41) is 26.3.